The summed E-state index contributed by atoms with van der Waals surface area (Å²) in [4.78, 5) is 15.3. The van der Waals surface area contributed by atoms with Gasteiger partial charge >= 0.3 is 12.6 Å². The zero-order chi connectivity index (χ0) is 13.5. The summed E-state index contributed by atoms with van der Waals surface area (Å²) in [7, 11) is 1.14. The Labute approximate surface area is 111 Å². The van der Waals surface area contributed by atoms with Gasteiger partial charge in [0.25, 0.3) is 0 Å². The molecule has 1 rings (SSSR count). The fourth-order valence-electron chi connectivity index (χ4n) is 1.25. The summed E-state index contributed by atoms with van der Waals surface area (Å²) < 4.78 is 28.4. The Hall–Kier alpha value is -1.50. The van der Waals surface area contributed by atoms with Crippen molar-refractivity contribution in [2.24, 2.45) is 5.16 Å². The summed E-state index contributed by atoms with van der Waals surface area (Å²) in [5.41, 5.74) is 0.786. The zero-order valence-electron chi connectivity index (χ0n) is 9.40. The smallest absolute Gasteiger partial charge is 0.407 e. The van der Waals surface area contributed by atoms with Gasteiger partial charge in [-0.15, -0.1) is 0 Å². The summed E-state index contributed by atoms with van der Waals surface area (Å²) in [5, 5.41) is 3.58. The van der Waals surface area contributed by atoms with Crippen molar-refractivity contribution < 1.29 is 23.1 Å². The number of oxime groups is 1. The lowest BCUT2D eigenvalue weighted by Gasteiger charge is -2.08. The minimum Gasteiger partial charge on any atom is -0.464 e. The van der Waals surface area contributed by atoms with Crippen molar-refractivity contribution >= 4 is 27.6 Å². The second kappa shape index (κ2) is 7.05. The van der Waals surface area contributed by atoms with Crippen molar-refractivity contribution in [3.63, 3.8) is 0 Å². The Bertz CT molecular complexity index is 452. The maximum absolute atomic E-state index is 12.0. The maximum atomic E-state index is 12.0. The van der Waals surface area contributed by atoms with Crippen LogP contribution in [0.5, 0.6) is 0 Å². The quantitative estimate of drug-likeness (QED) is 0.362. The molecule has 4 nitrogen and oxygen atoms in total. The highest BCUT2D eigenvalue weighted by molar-refractivity contribution is 9.08. The molecule has 0 fully saturated rings. The van der Waals surface area contributed by atoms with Crippen LogP contribution in [0.4, 0.5) is 8.78 Å². The number of hydrogen-bond donors (Lipinski definition) is 0. The Balaban J connectivity index is 3.17. The van der Waals surface area contributed by atoms with E-state index in [1.807, 2.05) is 0 Å². The second-order valence-electron chi connectivity index (χ2n) is 3.09. The molecule has 0 saturated carbocycles. The van der Waals surface area contributed by atoms with Crippen molar-refractivity contribution in [1.82, 2.24) is 0 Å². The lowest BCUT2D eigenvalue weighted by atomic mass is 10.0. The molecule has 0 aromatic heterocycles. The van der Waals surface area contributed by atoms with Gasteiger partial charge in [-0.2, -0.15) is 8.78 Å². The normalized spacial score (nSPS) is 11.5. The SMILES string of the molecule is COC(=O)/C(=N/OC(F)F)c1ccccc1CBr. The molecule has 0 bridgehead atoms. The number of esters is 1. The molecule has 0 spiro atoms. The van der Waals surface area contributed by atoms with E-state index in [0.717, 1.165) is 7.11 Å². The summed E-state index contributed by atoms with van der Waals surface area (Å²) in [6.45, 7) is -3.10. The molecule has 0 saturated heterocycles. The van der Waals surface area contributed by atoms with Gasteiger partial charge in [-0.25, -0.2) is 4.79 Å². The van der Waals surface area contributed by atoms with E-state index in [4.69, 9.17) is 0 Å². The van der Waals surface area contributed by atoms with Crippen LogP contribution in [0.15, 0.2) is 29.4 Å². The van der Waals surface area contributed by atoms with E-state index in [2.05, 4.69) is 30.7 Å². The third kappa shape index (κ3) is 3.76. The first kappa shape index (κ1) is 14.6. The van der Waals surface area contributed by atoms with Gasteiger partial charge in [-0.05, 0) is 5.56 Å². The van der Waals surface area contributed by atoms with E-state index >= 15 is 0 Å². The average molecular weight is 322 g/mol. The predicted octanol–water partition coefficient (Wildman–Crippen LogP) is 2.70. The molecule has 0 atom stereocenters. The van der Waals surface area contributed by atoms with E-state index in [9.17, 15) is 13.6 Å². The van der Waals surface area contributed by atoms with E-state index in [1.54, 1.807) is 24.3 Å². The first-order valence-electron chi connectivity index (χ1n) is 4.84. The molecular weight excluding hydrogens is 312 g/mol. The topological polar surface area (TPSA) is 47.9 Å². The largest absolute Gasteiger partial charge is 0.464 e. The van der Waals surface area contributed by atoms with E-state index in [-0.39, 0.29) is 5.71 Å². The van der Waals surface area contributed by atoms with Crippen LogP contribution in [-0.2, 0) is 19.7 Å². The minimum atomic E-state index is -3.10. The minimum absolute atomic E-state index is 0.298. The number of nitrogens with zero attached hydrogens (tertiary/aromatic N) is 1. The van der Waals surface area contributed by atoms with Crippen LogP contribution in [0.2, 0.25) is 0 Å². The van der Waals surface area contributed by atoms with Gasteiger partial charge in [-0.1, -0.05) is 45.4 Å². The van der Waals surface area contributed by atoms with Crippen molar-refractivity contribution in [2.45, 2.75) is 11.9 Å². The molecule has 1 aromatic carbocycles. The summed E-state index contributed by atoms with van der Waals surface area (Å²) >= 11 is 3.23. The molecule has 98 valence electrons. The molecule has 0 aliphatic heterocycles. The third-order valence-electron chi connectivity index (χ3n) is 2.02. The number of rotatable bonds is 5. The highest BCUT2D eigenvalue weighted by atomic mass is 79.9. The first-order valence-corrected chi connectivity index (χ1v) is 5.96. The monoisotopic (exact) mass is 321 g/mol. The molecule has 0 aliphatic rings. The molecule has 0 N–H and O–H groups in total. The van der Waals surface area contributed by atoms with Gasteiger partial charge in [0, 0.05) is 10.9 Å². The van der Waals surface area contributed by atoms with Gasteiger partial charge < -0.3 is 9.57 Å². The number of halogens is 3. The number of alkyl halides is 3. The summed E-state index contributed by atoms with van der Waals surface area (Å²) in [5.74, 6) is -0.843. The van der Waals surface area contributed by atoms with Gasteiger partial charge in [0.15, 0.2) is 5.71 Å². The molecule has 7 heteroatoms. The van der Waals surface area contributed by atoms with Crippen LogP contribution >= 0.6 is 15.9 Å². The molecule has 0 heterocycles. The molecule has 0 radical (unpaired) electrons. The van der Waals surface area contributed by atoms with Crippen LogP contribution in [0, 0.1) is 0 Å². The Morgan fingerprint density at radius 1 is 1.44 bits per heavy atom. The molecule has 0 aliphatic carbocycles. The summed E-state index contributed by atoms with van der Waals surface area (Å²) in [6, 6.07) is 6.71. The highest BCUT2D eigenvalue weighted by Crippen LogP contribution is 2.15. The molecule has 1 aromatic rings. The number of carbonyl (C=O) groups excluding carboxylic acids is 1. The molecule has 0 unspecified atom stereocenters. The number of ether oxygens (including phenoxy) is 1. The van der Waals surface area contributed by atoms with Gasteiger partial charge in [-0.3, -0.25) is 0 Å². The number of benzene rings is 1. The van der Waals surface area contributed by atoms with Gasteiger partial charge in [0.1, 0.15) is 0 Å². The Kier molecular flexibility index (Phi) is 5.70. The van der Waals surface area contributed by atoms with Crippen molar-refractivity contribution in [1.29, 1.82) is 0 Å². The first-order chi connectivity index (χ1) is 8.60. The van der Waals surface area contributed by atoms with E-state index < -0.39 is 12.6 Å². The lowest BCUT2D eigenvalue weighted by Crippen LogP contribution is -2.19. The highest BCUT2D eigenvalue weighted by Gasteiger charge is 2.19. The van der Waals surface area contributed by atoms with Gasteiger partial charge in [0.2, 0.25) is 0 Å². The molecule has 0 amide bonds. The van der Waals surface area contributed by atoms with E-state index in [0.29, 0.717) is 16.5 Å². The Morgan fingerprint density at radius 2 is 2.11 bits per heavy atom. The molecule has 18 heavy (non-hydrogen) atoms. The zero-order valence-corrected chi connectivity index (χ0v) is 11.0. The third-order valence-corrected chi connectivity index (χ3v) is 2.62. The van der Waals surface area contributed by atoms with Crippen molar-refractivity contribution in [2.75, 3.05) is 7.11 Å². The van der Waals surface area contributed by atoms with Gasteiger partial charge in [0.05, 0.1) is 7.11 Å². The maximum Gasteiger partial charge on any atom is 0.407 e. The lowest BCUT2D eigenvalue weighted by molar-refractivity contribution is -0.136. The summed E-state index contributed by atoms with van der Waals surface area (Å²) in [6.07, 6.45) is 0. The van der Waals surface area contributed by atoms with Crippen molar-refractivity contribution in [3.8, 4) is 0 Å². The van der Waals surface area contributed by atoms with Crippen molar-refractivity contribution in [3.05, 3.63) is 35.4 Å². The fourth-order valence-corrected chi connectivity index (χ4v) is 1.74. The van der Waals surface area contributed by atoms with E-state index in [1.165, 1.54) is 0 Å². The molecular formula is C11H10BrF2NO3. The average Bonchev–Trinajstić information content (AvgIpc) is 2.38. The van der Waals surface area contributed by atoms with Crippen LogP contribution < -0.4 is 0 Å². The fraction of sp³-hybridized carbons (Fsp3) is 0.273. The van der Waals surface area contributed by atoms with Crippen LogP contribution in [-0.4, -0.2) is 25.4 Å². The number of carbonyl (C=O) groups is 1. The van der Waals surface area contributed by atoms with Crippen LogP contribution in [0.1, 0.15) is 11.1 Å². The number of hydrogen-bond acceptors (Lipinski definition) is 4. The second-order valence-corrected chi connectivity index (χ2v) is 3.65. The number of methoxy groups -OCH3 is 1. The van der Waals surface area contributed by atoms with Crippen LogP contribution in [0.3, 0.4) is 0 Å². The predicted molar refractivity (Wildman–Crippen MR) is 64.7 cm³/mol. The Morgan fingerprint density at radius 3 is 2.67 bits per heavy atom. The standard InChI is InChI=1S/C11H10BrF2NO3/c1-17-10(16)9(15-18-11(13)14)8-5-3-2-4-7(8)6-12/h2-5,11H,6H2,1H3/b15-9+. The van der Waals surface area contributed by atoms with Crippen LogP contribution in [0.25, 0.3) is 0 Å².